The predicted octanol–water partition coefficient (Wildman–Crippen LogP) is 1.28. The Bertz CT molecular complexity index is 365. The molecule has 16 heavy (non-hydrogen) atoms. The number of hydrogen-bond donors (Lipinski definition) is 2. The van der Waals surface area contributed by atoms with Crippen LogP contribution in [-0.4, -0.2) is 16.9 Å². The average molecular weight is 239 g/mol. The highest BCUT2D eigenvalue weighted by Crippen LogP contribution is 2.36. The van der Waals surface area contributed by atoms with Crippen LogP contribution in [0.2, 0.25) is 0 Å². The van der Waals surface area contributed by atoms with Gasteiger partial charge in [-0.15, -0.1) is 11.3 Å². The first kappa shape index (κ1) is 11.5. The van der Waals surface area contributed by atoms with Crippen molar-refractivity contribution >= 4 is 17.2 Å². The van der Waals surface area contributed by atoms with E-state index in [1.807, 2.05) is 6.92 Å². The lowest BCUT2D eigenvalue weighted by Gasteiger charge is -2.27. The minimum atomic E-state index is -0.384. The molecule has 1 amide bonds. The van der Waals surface area contributed by atoms with Crippen molar-refractivity contribution in [3.05, 3.63) is 16.6 Å². The van der Waals surface area contributed by atoms with E-state index in [1.54, 1.807) is 23.0 Å². The molecule has 0 aromatic carbocycles. The molecule has 1 aromatic rings. The van der Waals surface area contributed by atoms with Crippen LogP contribution in [0.1, 0.15) is 31.1 Å². The zero-order valence-corrected chi connectivity index (χ0v) is 10.2. The second-order valence-corrected chi connectivity index (χ2v) is 5.54. The number of hydrogen-bond acceptors (Lipinski definition) is 4. The SMILES string of the molecule is CC1(C(=O)NCc2cncs2)CCCC1N. The minimum Gasteiger partial charge on any atom is -0.351 e. The van der Waals surface area contributed by atoms with Crippen molar-refractivity contribution in [3.63, 3.8) is 0 Å². The number of carbonyl (C=O) groups is 1. The van der Waals surface area contributed by atoms with Crippen molar-refractivity contribution in [2.75, 3.05) is 0 Å². The van der Waals surface area contributed by atoms with E-state index in [2.05, 4.69) is 10.3 Å². The molecule has 3 N–H and O–H groups in total. The lowest BCUT2D eigenvalue weighted by molar-refractivity contribution is -0.130. The highest BCUT2D eigenvalue weighted by molar-refractivity contribution is 7.09. The molecule has 1 aliphatic carbocycles. The molecule has 88 valence electrons. The summed E-state index contributed by atoms with van der Waals surface area (Å²) in [6.45, 7) is 2.53. The molecule has 1 fully saturated rings. The maximum Gasteiger partial charge on any atom is 0.227 e. The molecule has 2 atom stereocenters. The third-order valence-electron chi connectivity index (χ3n) is 3.45. The zero-order chi connectivity index (χ0) is 11.6. The summed E-state index contributed by atoms with van der Waals surface area (Å²) in [4.78, 5) is 17.1. The maximum atomic E-state index is 12.1. The summed E-state index contributed by atoms with van der Waals surface area (Å²) in [5.74, 6) is 0.0749. The van der Waals surface area contributed by atoms with Crippen LogP contribution in [0.3, 0.4) is 0 Å². The fraction of sp³-hybridized carbons (Fsp3) is 0.636. The van der Waals surface area contributed by atoms with E-state index < -0.39 is 0 Å². The van der Waals surface area contributed by atoms with Crippen molar-refractivity contribution in [3.8, 4) is 0 Å². The number of amides is 1. The average Bonchev–Trinajstić information content (AvgIpc) is 2.87. The molecule has 1 aliphatic rings. The molecule has 4 nitrogen and oxygen atoms in total. The van der Waals surface area contributed by atoms with E-state index in [-0.39, 0.29) is 17.4 Å². The summed E-state index contributed by atoms with van der Waals surface area (Å²) >= 11 is 1.55. The smallest absolute Gasteiger partial charge is 0.227 e. The van der Waals surface area contributed by atoms with Gasteiger partial charge in [-0.3, -0.25) is 9.78 Å². The molecule has 0 aliphatic heterocycles. The Morgan fingerprint density at radius 3 is 3.19 bits per heavy atom. The van der Waals surface area contributed by atoms with E-state index in [0.717, 1.165) is 24.1 Å². The summed E-state index contributed by atoms with van der Waals surface area (Å²) in [6.07, 6.45) is 4.67. The molecule has 2 unspecified atom stereocenters. The minimum absolute atomic E-state index is 0.00559. The number of nitrogens with zero attached hydrogens (tertiary/aromatic N) is 1. The second-order valence-electron chi connectivity index (χ2n) is 4.57. The summed E-state index contributed by atoms with van der Waals surface area (Å²) in [5.41, 5.74) is 7.38. The number of nitrogens with one attached hydrogen (secondary N) is 1. The lowest BCUT2D eigenvalue weighted by Crippen LogP contribution is -2.47. The van der Waals surface area contributed by atoms with Gasteiger partial charge in [0.1, 0.15) is 0 Å². The van der Waals surface area contributed by atoms with Gasteiger partial charge in [-0.2, -0.15) is 0 Å². The van der Waals surface area contributed by atoms with Gasteiger partial charge < -0.3 is 11.1 Å². The predicted molar refractivity (Wildman–Crippen MR) is 63.9 cm³/mol. The van der Waals surface area contributed by atoms with Crippen LogP contribution in [0.25, 0.3) is 0 Å². The van der Waals surface area contributed by atoms with Gasteiger partial charge in [0.25, 0.3) is 0 Å². The van der Waals surface area contributed by atoms with Crippen molar-refractivity contribution in [2.24, 2.45) is 11.1 Å². The highest BCUT2D eigenvalue weighted by Gasteiger charge is 2.42. The molecule has 1 aromatic heterocycles. The van der Waals surface area contributed by atoms with Crippen molar-refractivity contribution < 1.29 is 4.79 Å². The molecule has 0 bridgehead atoms. The van der Waals surface area contributed by atoms with E-state index in [9.17, 15) is 4.79 Å². The fourth-order valence-corrected chi connectivity index (χ4v) is 2.71. The van der Waals surface area contributed by atoms with Crippen LogP contribution < -0.4 is 11.1 Å². The largest absolute Gasteiger partial charge is 0.351 e. The first-order valence-corrected chi connectivity index (χ1v) is 6.42. The normalized spacial score (nSPS) is 29.2. The zero-order valence-electron chi connectivity index (χ0n) is 9.40. The van der Waals surface area contributed by atoms with Gasteiger partial charge in [-0.25, -0.2) is 0 Å². The monoisotopic (exact) mass is 239 g/mol. The molecule has 0 radical (unpaired) electrons. The number of nitrogens with two attached hydrogens (primary N) is 1. The fourth-order valence-electron chi connectivity index (χ4n) is 2.17. The standard InChI is InChI=1S/C11H17N3OS/c1-11(4-2-3-9(11)12)10(15)14-6-8-5-13-7-16-8/h5,7,9H,2-4,6,12H2,1H3,(H,14,15). The van der Waals surface area contributed by atoms with E-state index >= 15 is 0 Å². The van der Waals surface area contributed by atoms with Crippen molar-refractivity contribution in [2.45, 2.75) is 38.8 Å². The molecule has 1 heterocycles. The molecule has 5 heteroatoms. The van der Waals surface area contributed by atoms with E-state index in [1.165, 1.54) is 0 Å². The van der Waals surface area contributed by atoms with Gasteiger partial charge >= 0.3 is 0 Å². The van der Waals surface area contributed by atoms with Crippen LogP contribution in [-0.2, 0) is 11.3 Å². The molecule has 0 spiro atoms. The quantitative estimate of drug-likeness (QED) is 0.835. The van der Waals surface area contributed by atoms with Gasteiger partial charge in [0.15, 0.2) is 0 Å². The number of carbonyl (C=O) groups excluding carboxylic acids is 1. The van der Waals surface area contributed by atoms with Crippen LogP contribution in [0, 0.1) is 5.41 Å². The topological polar surface area (TPSA) is 68.0 Å². The second kappa shape index (κ2) is 4.51. The molecular formula is C11H17N3OS. The Balaban J connectivity index is 1.93. The molecule has 1 saturated carbocycles. The summed E-state index contributed by atoms with van der Waals surface area (Å²) in [6, 6.07) is -0.00559. The van der Waals surface area contributed by atoms with Crippen LogP contribution in [0.5, 0.6) is 0 Å². The Labute approximate surface area is 99.3 Å². The van der Waals surface area contributed by atoms with Crippen LogP contribution >= 0.6 is 11.3 Å². The lowest BCUT2D eigenvalue weighted by atomic mass is 9.84. The van der Waals surface area contributed by atoms with E-state index in [4.69, 9.17) is 5.73 Å². The Morgan fingerprint density at radius 2 is 2.62 bits per heavy atom. The third-order valence-corrected chi connectivity index (χ3v) is 4.23. The van der Waals surface area contributed by atoms with Crippen molar-refractivity contribution in [1.29, 1.82) is 0 Å². The van der Waals surface area contributed by atoms with Gasteiger partial charge in [0.05, 0.1) is 17.5 Å². The van der Waals surface area contributed by atoms with Gasteiger partial charge in [-0.05, 0) is 19.8 Å². The van der Waals surface area contributed by atoms with Crippen molar-refractivity contribution in [1.82, 2.24) is 10.3 Å². The molecular weight excluding hydrogens is 222 g/mol. The molecule has 0 saturated heterocycles. The van der Waals surface area contributed by atoms with Crippen LogP contribution in [0.15, 0.2) is 11.7 Å². The first-order valence-electron chi connectivity index (χ1n) is 5.54. The molecule has 2 rings (SSSR count). The number of aromatic nitrogens is 1. The Kier molecular flexibility index (Phi) is 3.25. The first-order chi connectivity index (χ1) is 7.63. The maximum absolute atomic E-state index is 12.1. The highest BCUT2D eigenvalue weighted by atomic mass is 32.1. The van der Waals surface area contributed by atoms with Gasteiger partial charge in [-0.1, -0.05) is 6.42 Å². The van der Waals surface area contributed by atoms with Gasteiger partial charge in [0, 0.05) is 17.1 Å². The summed E-state index contributed by atoms with van der Waals surface area (Å²) in [7, 11) is 0. The number of thiazole rings is 1. The van der Waals surface area contributed by atoms with Crippen LogP contribution in [0.4, 0.5) is 0 Å². The Hall–Kier alpha value is -0.940. The third kappa shape index (κ3) is 2.10. The van der Waals surface area contributed by atoms with Gasteiger partial charge in [0.2, 0.25) is 5.91 Å². The Morgan fingerprint density at radius 1 is 1.81 bits per heavy atom. The summed E-state index contributed by atoms with van der Waals surface area (Å²) in [5, 5.41) is 2.95. The summed E-state index contributed by atoms with van der Waals surface area (Å²) < 4.78 is 0. The number of rotatable bonds is 3. The van der Waals surface area contributed by atoms with E-state index in [0.29, 0.717) is 6.54 Å².